The van der Waals surface area contributed by atoms with E-state index in [0.29, 0.717) is 22.6 Å². The van der Waals surface area contributed by atoms with Gasteiger partial charge in [0.2, 0.25) is 0 Å². The van der Waals surface area contributed by atoms with Crippen LogP contribution in [0, 0.1) is 0 Å². The Balaban J connectivity index is 1.80. The molecule has 210 valence electrons. The third-order valence-electron chi connectivity index (χ3n) is 6.38. The number of methoxy groups -OCH3 is 2. The zero-order chi connectivity index (χ0) is 29.1. The molecule has 4 rings (SSSR count). The monoisotopic (exact) mass is 561 g/mol. The Morgan fingerprint density at radius 2 is 1.27 bits per heavy atom. The molecule has 1 amide bonds. The number of piperidine rings is 1. The second-order valence-corrected chi connectivity index (χ2v) is 9.20. The van der Waals surface area contributed by atoms with Crippen molar-refractivity contribution in [2.45, 2.75) is 25.3 Å². The van der Waals surface area contributed by atoms with Crippen molar-refractivity contribution in [2.24, 2.45) is 0 Å². The van der Waals surface area contributed by atoms with E-state index in [0.717, 1.165) is 18.2 Å². The quantitative estimate of drug-likeness (QED) is 0.229. The van der Waals surface area contributed by atoms with E-state index in [-0.39, 0.29) is 36.2 Å². The summed E-state index contributed by atoms with van der Waals surface area (Å²) in [4.78, 5) is 14.9. The molecule has 40 heavy (non-hydrogen) atoms. The largest absolute Gasteiger partial charge is 0.497 e. The number of amides is 1. The highest BCUT2D eigenvalue weighted by Gasteiger charge is 2.35. The molecule has 0 aliphatic carbocycles. The first-order valence-electron chi connectivity index (χ1n) is 12.1. The lowest BCUT2D eigenvalue weighted by Crippen LogP contribution is -2.37. The fourth-order valence-corrected chi connectivity index (χ4v) is 4.58. The topological polar surface area (TPSA) is 38.8 Å². The van der Waals surface area contributed by atoms with Crippen LogP contribution in [0.4, 0.5) is 26.3 Å². The third kappa shape index (κ3) is 6.67. The highest BCUT2D eigenvalue weighted by Crippen LogP contribution is 2.37. The van der Waals surface area contributed by atoms with E-state index in [2.05, 4.69) is 0 Å². The number of carbonyl (C=O) groups excluding carboxylic acids is 1. The molecule has 1 aliphatic heterocycles. The number of benzene rings is 3. The minimum Gasteiger partial charge on any atom is -0.497 e. The van der Waals surface area contributed by atoms with E-state index in [9.17, 15) is 31.1 Å². The smallest absolute Gasteiger partial charge is 0.416 e. The molecule has 0 spiro atoms. The fraction of sp³-hybridized carbons (Fsp3) is 0.233. The van der Waals surface area contributed by atoms with Crippen molar-refractivity contribution < 1.29 is 40.6 Å². The van der Waals surface area contributed by atoms with E-state index in [4.69, 9.17) is 9.47 Å². The van der Waals surface area contributed by atoms with Crippen molar-refractivity contribution in [3.8, 4) is 11.5 Å². The summed E-state index contributed by atoms with van der Waals surface area (Å²) >= 11 is 0. The van der Waals surface area contributed by atoms with Crippen LogP contribution in [0.25, 0.3) is 12.2 Å². The number of nitrogens with zero attached hydrogens (tertiary/aromatic N) is 1. The Hall–Kier alpha value is -4.21. The summed E-state index contributed by atoms with van der Waals surface area (Å²) in [7, 11) is 2.92. The van der Waals surface area contributed by atoms with Crippen molar-refractivity contribution in [3.05, 3.63) is 106 Å². The Bertz CT molecular complexity index is 1430. The van der Waals surface area contributed by atoms with Crippen LogP contribution in [0.15, 0.2) is 77.9 Å². The lowest BCUT2D eigenvalue weighted by Gasteiger charge is -2.31. The SMILES string of the molecule is COc1cc(CN2CC(=Cc3ccccc3C(F)(F)F)CC(=Cc3ccccc3C(F)(F)F)C2=O)cc(OC)c1. The molecule has 4 nitrogen and oxygen atoms in total. The van der Waals surface area contributed by atoms with Crippen molar-refractivity contribution >= 4 is 18.1 Å². The zero-order valence-corrected chi connectivity index (χ0v) is 21.6. The van der Waals surface area contributed by atoms with Gasteiger partial charge in [-0.3, -0.25) is 4.79 Å². The third-order valence-corrected chi connectivity index (χ3v) is 6.38. The first-order chi connectivity index (χ1) is 18.9. The molecule has 0 radical (unpaired) electrons. The maximum atomic E-state index is 13.7. The van der Waals surface area contributed by atoms with Gasteiger partial charge in [0.1, 0.15) is 11.5 Å². The summed E-state index contributed by atoms with van der Waals surface area (Å²) in [5.41, 5.74) is -1.02. The van der Waals surface area contributed by atoms with Gasteiger partial charge >= 0.3 is 12.4 Å². The molecule has 3 aromatic rings. The number of ether oxygens (including phenoxy) is 2. The first-order valence-corrected chi connectivity index (χ1v) is 12.1. The van der Waals surface area contributed by atoms with Gasteiger partial charge in [-0.05, 0) is 52.6 Å². The van der Waals surface area contributed by atoms with Gasteiger partial charge in [-0.25, -0.2) is 0 Å². The number of hydrogen-bond donors (Lipinski definition) is 0. The van der Waals surface area contributed by atoms with Crippen LogP contribution in [0.5, 0.6) is 11.5 Å². The number of rotatable bonds is 6. The van der Waals surface area contributed by atoms with Crippen LogP contribution in [0.2, 0.25) is 0 Å². The normalized spacial score (nSPS) is 16.5. The predicted molar refractivity (Wildman–Crippen MR) is 138 cm³/mol. The van der Waals surface area contributed by atoms with E-state index in [1.807, 2.05) is 0 Å². The van der Waals surface area contributed by atoms with E-state index in [1.165, 1.54) is 61.6 Å². The highest BCUT2D eigenvalue weighted by atomic mass is 19.4. The molecule has 0 aromatic heterocycles. The van der Waals surface area contributed by atoms with E-state index in [1.54, 1.807) is 18.2 Å². The van der Waals surface area contributed by atoms with Gasteiger partial charge in [-0.2, -0.15) is 26.3 Å². The Morgan fingerprint density at radius 1 is 0.775 bits per heavy atom. The van der Waals surface area contributed by atoms with Crippen molar-refractivity contribution in [1.29, 1.82) is 0 Å². The van der Waals surface area contributed by atoms with E-state index < -0.39 is 29.4 Å². The Labute approximate surface area is 227 Å². The maximum absolute atomic E-state index is 13.7. The van der Waals surface area contributed by atoms with Crippen LogP contribution in [0.1, 0.15) is 34.2 Å². The molecule has 0 atom stereocenters. The average Bonchev–Trinajstić information content (AvgIpc) is 2.90. The number of hydrogen-bond acceptors (Lipinski definition) is 3. The van der Waals surface area contributed by atoms with Crippen LogP contribution in [-0.2, 0) is 23.7 Å². The van der Waals surface area contributed by atoms with Gasteiger partial charge in [-0.1, -0.05) is 42.5 Å². The fourth-order valence-electron chi connectivity index (χ4n) is 4.58. The summed E-state index contributed by atoms with van der Waals surface area (Å²) < 4.78 is 92.5. The number of carbonyl (C=O) groups is 1. The zero-order valence-electron chi connectivity index (χ0n) is 21.6. The van der Waals surface area contributed by atoms with Gasteiger partial charge in [0, 0.05) is 31.1 Å². The van der Waals surface area contributed by atoms with Gasteiger partial charge in [0.05, 0.1) is 25.3 Å². The molecule has 1 aliphatic rings. The molecular formula is C30H25F6NO3. The molecule has 0 N–H and O–H groups in total. The number of halogens is 6. The number of alkyl halides is 6. The van der Waals surface area contributed by atoms with Crippen molar-refractivity contribution in [1.82, 2.24) is 4.90 Å². The second kappa shape index (κ2) is 11.5. The van der Waals surface area contributed by atoms with Crippen LogP contribution < -0.4 is 9.47 Å². The second-order valence-electron chi connectivity index (χ2n) is 9.20. The summed E-state index contributed by atoms with van der Waals surface area (Å²) in [6.07, 6.45) is -6.88. The molecule has 1 heterocycles. The predicted octanol–water partition coefficient (Wildman–Crippen LogP) is 7.64. The molecule has 0 bridgehead atoms. The minimum absolute atomic E-state index is 0.0168. The van der Waals surface area contributed by atoms with Crippen LogP contribution in [-0.4, -0.2) is 31.6 Å². The van der Waals surface area contributed by atoms with Gasteiger partial charge < -0.3 is 14.4 Å². The molecule has 0 saturated carbocycles. The Morgan fingerprint density at radius 3 is 1.77 bits per heavy atom. The van der Waals surface area contributed by atoms with E-state index >= 15 is 0 Å². The average molecular weight is 562 g/mol. The van der Waals surface area contributed by atoms with Gasteiger partial charge in [-0.15, -0.1) is 0 Å². The summed E-state index contributed by atoms with van der Waals surface area (Å²) in [6, 6.07) is 14.8. The Kier molecular flexibility index (Phi) is 8.27. The molecular weight excluding hydrogens is 536 g/mol. The molecule has 1 saturated heterocycles. The number of likely N-dealkylation sites (tertiary alicyclic amines) is 1. The summed E-state index contributed by atoms with van der Waals surface area (Å²) in [6.45, 7) is -0.00822. The van der Waals surface area contributed by atoms with Gasteiger partial charge in [0.15, 0.2) is 0 Å². The standard InChI is InChI=1S/C30H25F6NO3/c1-39-24-13-20(14-25(16-24)40-2)18-37-17-19(11-21-7-3-5-9-26(21)29(31,32)33)12-23(28(37)38)15-22-8-4-6-10-27(22)30(34,35)36/h3-11,13-16H,12,17-18H2,1-2H3. The summed E-state index contributed by atoms with van der Waals surface area (Å²) in [5.74, 6) is 0.395. The van der Waals surface area contributed by atoms with Crippen molar-refractivity contribution in [3.63, 3.8) is 0 Å². The molecule has 0 unspecified atom stereocenters. The first kappa shape index (κ1) is 28.8. The lowest BCUT2D eigenvalue weighted by molar-refractivity contribution is -0.138. The van der Waals surface area contributed by atoms with Gasteiger partial charge in [0.25, 0.3) is 5.91 Å². The molecule has 3 aromatic carbocycles. The minimum atomic E-state index is -4.66. The summed E-state index contributed by atoms with van der Waals surface area (Å²) in [5, 5.41) is 0. The lowest BCUT2D eigenvalue weighted by atomic mass is 9.92. The van der Waals surface area contributed by atoms with Crippen LogP contribution in [0.3, 0.4) is 0 Å². The maximum Gasteiger partial charge on any atom is 0.416 e. The van der Waals surface area contributed by atoms with Crippen molar-refractivity contribution in [2.75, 3.05) is 20.8 Å². The molecule has 10 heteroatoms. The van der Waals surface area contributed by atoms with Crippen LogP contribution >= 0.6 is 0 Å². The molecule has 1 fully saturated rings. The highest BCUT2D eigenvalue weighted by molar-refractivity contribution is 6.00.